The van der Waals surface area contributed by atoms with E-state index in [-0.39, 0.29) is 0 Å². The Bertz CT molecular complexity index is 1270. The fourth-order valence-electron chi connectivity index (χ4n) is 3.63. The first kappa shape index (κ1) is 14.2. The highest BCUT2D eigenvalue weighted by Gasteiger charge is 2.19. The van der Waals surface area contributed by atoms with Crippen molar-refractivity contribution in [3.8, 4) is 11.3 Å². The van der Waals surface area contributed by atoms with Gasteiger partial charge in [0.05, 0.1) is 11.8 Å². The standard InChI is InChI=1S/C22H17N2O/c1-14-7-8-21-18(9-10-25-21)22(14)20-13-17-11-15-5-3-4-6-16(15)12-19(17)23-24(20)2/h3-13H,1-2H3/q+1. The van der Waals surface area contributed by atoms with Gasteiger partial charge in [0, 0.05) is 21.9 Å². The van der Waals surface area contributed by atoms with Crippen molar-refractivity contribution >= 4 is 32.6 Å². The van der Waals surface area contributed by atoms with E-state index in [1.54, 1.807) is 6.26 Å². The lowest BCUT2D eigenvalue weighted by Gasteiger charge is -2.07. The highest BCUT2D eigenvalue weighted by molar-refractivity contribution is 5.99. The van der Waals surface area contributed by atoms with Crippen LogP contribution in [0.1, 0.15) is 5.56 Å². The van der Waals surface area contributed by atoms with E-state index in [1.807, 2.05) is 23.9 Å². The molecule has 2 heterocycles. The molecular formula is C22H17N2O+. The average molecular weight is 325 g/mol. The van der Waals surface area contributed by atoms with Crippen molar-refractivity contribution in [3.05, 3.63) is 72.5 Å². The van der Waals surface area contributed by atoms with Gasteiger partial charge in [0.15, 0.2) is 7.05 Å². The third-order valence-corrected chi connectivity index (χ3v) is 4.89. The Balaban J connectivity index is 1.86. The molecule has 3 aromatic carbocycles. The number of fused-ring (bicyclic) bond motifs is 3. The number of aromatic nitrogens is 2. The number of benzene rings is 3. The summed E-state index contributed by atoms with van der Waals surface area (Å²) in [5.41, 5.74) is 5.39. The zero-order chi connectivity index (χ0) is 17.0. The number of furan rings is 1. The van der Waals surface area contributed by atoms with Crippen LogP contribution in [0.4, 0.5) is 0 Å². The van der Waals surface area contributed by atoms with Crippen molar-refractivity contribution in [2.75, 3.05) is 0 Å². The first-order chi connectivity index (χ1) is 12.2. The van der Waals surface area contributed by atoms with Gasteiger partial charge < -0.3 is 4.42 Å². The molecule has 0 aliphatic carbocycles. The Morgan fingerprint density at radius 2 is 1.68 bits per heavy atom. The zero-order valence-corrected chi connectivity index (χ0v) is 14.2. The third kappa shape index (κ3) is 2.13. The molecule has 0 unspecified atom stereocenters. The maximum Gasteiger partial charge on any atom is 0.240 e. The summed E-state index contributed by atoms with van der Waals surface area (Å²) in [5, 5.41) is 9.53. The van der Waals surface area contributed by atoms with E-state index < -0.39 is 0 Å². The number of rotatable bonds is 1. The fraction of sp³-hybridized carbons (Fsp3) is 0.0909. The first-order valence-corrected chi connectivity index (χ1v) is 8.38. The van der Waals surface area contributed by atoms with E-state index in [0.717, 1.165) is 27.6 Å². The molecule has 120 valence electrons. The van der Waals surface area contributed by atoms with Crippen molar-refractivity contribution in [1.29, 1.82) is 0 Å². The summed E-state index contributed by atoms with van der Waals surface area (Å²) < 4.78 is 7.55. The van der Waals surface area contributed by atoms with Crippen LogP contribution >= 0.6 is 0 Å². The molecule has 0 aliphatic rings. The summed E-state index contributed by atoms with van der Waals surface area (Å²) in [6.07, 6.45) is 1.75. The molecule has 5 aromatic rings. The van der Waals surface area contributed by atoms with Crippen LogP contribution in [0, 0.1) is 6.92 Å². The van der Waals surface area contributed by atoms with Crippen LogP contribution in [0.25, 0.3) is 43.9 Å². The SMILES string of the molecule is Cc1ccc2occc2c1-c1cc2cc3ccccc3cc2n[n+]1C. The van der Waals surface area contributed by atoms with Crippen LogP contribution in [0.5, 0.6) is 0 Å². The lowest BCUT2D eigenvalue weighted by Crippen LogP contribution is -2.35. The second-order valence-electron chi connectivity index (χ2n) is 6.50. The van der Waals surface area contributed by atoms with E-state index in [1.165, 1.54) is 21.9 Å². The highest BCUT2D eigenvalue weighted by atomic mass is 16.3. The second-order valence-corrected chi connectivity index (χ2v) is 6.50. The molecule has 2 aromatic heterocycles. The minimum absolute atomic E-state index is 0.902. The topological polar surface area (TPSA) is 29.9 Å². The van der Waals surface area contributed by atoms with Crippen LogP contribution in [-0.2, 0) is 7.05 Å². The van der Waals surface area contributed by atoms with Crippen molar-refractivity contribution in [3.63, 3.8) is 0 Å². The van der Waals surface area contributed by atoms with Crippen molar-refractivity contribution in [2.24, 2.45) is 7.05 Å². The van der Waals surface area contributed by atoms with E-state index >= 15 is 0 Å². The van der Waals surface area contributed by atoms with E-state index in [4.69, 9.17) is 9.52 Å². The molecule has 0 saturated heterocycles. The van der Waals surface area contributed by atoms with Crippen LogP contribution in [-0.4, -0.2) is 5.10 Å². The van der Waals surface area contributed by atoms with Crippen LogP contribution in [0.15, 0.2) is 71.3 Å². The number of aryl methyl sites for hydroxylation is 2. The minimum Gasteiger partial charge on any atom is -0.464 e. The molecule has 0 atom stereocenters. The number of hydrogen-bond acceptors (Lipinski definition) is 2. The molecular weight excluding hydrogens is 308 g/mol. The van der Waals surface area contributed by atoms with Gasteiger partial charge in [-0.25, -0.2) is 0 Å². The van der Waals surface area contributed by atoms with E-state index in [2.05, 4.69) is 55.5 Å². The molecule has 3 nitrogen and oxygen atoms in total. The van der Waals surface area contributed by atoms with Gasteiger partial charge in [-0.1, -0.05) is 35.0 Å². The molecule has 0 spiro atoms. The molecule has 0 aliphatic heterocycles. The maximum atomic E-state index is 5.59. The summed E-state index contributed by atoms with van der Waals surface area (Å²) in [4.78, 5) is 0. The summed E-state index contributed by atoms with van der Waals surface area (Å²) in [7, 11) is 2.00. The van der Waals surface area contributed by atoms with Crippen molar-refractivity contribution in [1.82, 2.24) is 5.10 Å². The lowest BCUT2D eigenvalue weighted by molar-refractivity contribution is -0.717. The zero-order valence-electron chi connectivity index (χ0n) is 14.2. The summed E-state index contributed by atoms with van der Waals surface area (Å²) >= 11 is 0. The number of hydrogen-bond donors (Lipinski definition) is 0. The fourth-order valence-corrected chi connectivity index (χ4v) is 3.63. The number of nitrogens with zero attached hydrogens (tertiary/aromatic N) is 2. The Morgan fingerprint density at radius 1 is 0.880 bits per heavy atom. The van der Waals surface area contributed by atoms with E-state index in [0.29, 0.717) is 0 Å². The lowest BCUT2D eigenvalue weighted by atomic mass is 9.99. The second kappa shape index (κ2) is 5.15. The summed E-state index contributed by atoms with van der Waals surface area (Å²) in [6, 6.07) is 21.1. The smallest absolute Gasteiger partial charge is 0.240 e. The predicted octanol–water partition coefficient (Wildman–Crippen LogP) is 4.93. The minimum atomic E-state index is 0.902. The largest absolute Gasteiger partial charge is 0.464 e. The summed E-state index contributed by atoms with van der Waals surface area (Å²) in [5.74, 6) is 0. The monoisotopic (exact) mass is 325 g/mol. The molecule has 0 N–H and O–H groups in total. The Hall–Kier alpha value is -3.20. The van der Waals surface area contributed by atoms with Crippen LogP contribution < -0.4 is 4.68 Å². The Morgan fingerprint density at radius 3 is 2.52 bits per heavy atom. The van der Waals surface area contributed by atoms with Gasteiger partial charge in [-0.3, -0.25) is 0 Å². The van der Waals surface area contributed by atoms with Gasteiger partial charge in [-0.15, -0.1) is 0 Å². The maximum absolute atomic E-state index is 5.59. The predicted molar refractivity (Wildman–Crippen MR) is 100 cm³/mol. The van der Waals surface area contributed by atoms with Crippen molar-refractivity contribution < 1.29 is 9.10 Å². The normalized spacial score (nSPS) is 11.6. The quantitative estimate of drug-likeness (QED) is 0.323. The van der Waals surface area contributed by atoms with E-state index in [9.17, 15) is 0 Å². The molecule has 25 heavy (non-hydrogen) atoms. The molecule has 0 saturated carbocycles. The van der Waals surface area contributed by atoms with Crippen molar-refractivity contribution in [2.45, 2.75) is 6.92 Å². The molecule has 0 amide bonds. The third-order valence-electron chi connectivity index (χ3n) is 4.89. The summed E-state index contributed by atoms with van der Waals surface area (Å²) in [6.45, 7) is 2.13. The molecule has 0 bridgehead atoms. The molecule has 0 fully saturated rings. The van der Waals surface area contributed by atoms with Gasteiger partial charge in [-0.2, -0.15) is 0 Å². The van der Waals surface area contributed by atoms with Crippen LogP contribution in [0.3, 0.4) is 0 Å². The Labute approximate surface area is 145 Å². The van der Waals surface area contributed by atoms with Gasteiger partial charge >= 0.3 is 0 Å². The molecule has 5 rings (SSSR count). The van der Waals surface area contributed by atoms with Gasteiger partial charge in [0.25, 0.3) is 0 Å². The molecule has 3 heteroatoms. The Kier molecular flexibility index (Phi) is 2.92. The van der Waals surface area contributed by atoms with Gasteiger partial charge in [0.1, 0.15) is 11.1 Å². The van der Waals surface area contributed by atoms with Crippen LogP contribution in [0.2, 0.25) is 0 Å². The average Bonchev–Trinajstić information content (AvgIpc) is 3.08. The first-order valence-electron chi connectivity index (χ1n) is 8.38. The van der Waals surface area contributed by atoms with Gasteiger partial charge in [-0.05, 0) is 47.5 Å². The highest BCUT2D eigenvalue weighted by Crippen LogP contribution is 2.32. The van der Waals surface area contributed by atoms with Gasteiger partial charge in [0.2, 0.25) is 5.69 Å². The molecule has 0 radical (unpaired) electrons.